The fraction of sp³-hybridized carbons (Fsp3) is 1.00. The number of alkyl halides is 1. The molecule has 1 saturated heterocycles. The highest BCUT2D eigenvalue weighted by molar-refractivity contribution is 6.20. The van der Waals surface area contributed by atoms with Crippen molar-refractivity contribution in [2.45, 2.75) is 37.7 Å². The van der Waals surface area contributed by atoms with Crippen molar-refractivity contribution in [2.24, 2.45) is 0 Å². The van der Waals surface area contributed by atoms with Crippen LogP contribution in [0.1, 0.15) is 26.7 Å². The SMILES string of the molecule is CCC(Cl)CC1(C)CO1. The summed E-state index contributed by atoms with van der Waals surface area (Å²) < 4.78 is 5.18. The molecule has 2 heteroatoms. The number of rotatable bonds is 3. The highest BCUT2D eigenvalue weighted by atomic mass is 35.5. The van der Waals surface area contributed by atoms with Gasteiger partial charge >= 0.3 is 0 Å². The zero-order chi connectivity index (χ0) is 6.91. The maximum atomic E-state index is 5.91. The lowest BCUT2D eigenvalue weighted by Crippen LogP contribution is -2.11. The Kier molecular flexibility index (Phi) is 2.02. The Morgan fingerprint density at radius 3 is 2.67 bits per heavy atom. The summed E-state index contributed by atoms with van der Waals surface area (Å²) in [6, 6.07) is 0. The van der Waals surface area contributed by atoms with Gasteiger partial charge in [-0.15, -0.1) is 11.6 Å². The van der Waals surface area contributed by atoms with Crippen LogP contribution in [0.5, 0.6) is 0 Å². The Morgan fingerprint density at radius 1 is 1.78 bits per heavy atom. The maximum Gasteiger partial charge on any atom is 0.0902 e. The first-order valence-electron chi connectivity index (χ1n) is 3.44. The number of epoxide rings is 1. The molecule has 2 unspecified atom stereocenters. The molecule has 0 saturated carbocycles. The monoisotopic (exact) mass is 148 g/mol. The summed E-state index contributed by atoms with van der Waals surface area (Å²) in [6.07, 6.45) is 2.05. The summed E-state index contributed by atoms with van der Waals surface area (Å²) in [5.74, 6) is 0. The van der Waals surface area contributed by atoms with E-state index in [1.807, 2.05) is 0 Å². The quantitative estimate of drug-likeness (QED) is 0.442. The van der Waals surface area contributed by atoms with Gasteiger partial charge in [0.2, 0.25) is 0 Å². The van der Waals surface area contributed by atoms with E-state index in [4.69, 9.17) is 16.3 Å². The normalized spacial score (nSPS) is 36.3. The van der Waals surface area contributed by atoms with Crippen molar-refractivity contribution in [3.8, 4) is 0 Å². The molecular weight excluding hydrogens is 136 g/mol. The third-order valence-electron chi connectivity index (χ3n) is 1.73. The second-order valence-electron chi connectivity index (χ2n) is 2.95. The minimum atomic E-state index is 0.141. The number of halogens is 1. The molecule has 1 nitrogen and oxygen atoms in total. The van der Waals surface area contributed by atoms with Gasteiger partial charge in [-0.2, -0.15) is 0 Å². The third-order valence-corrected chi connectivity index (χ3v) is 2.20. The second kappa shape index (κ2) is 2.47. The highest BCUT2D eigenvalue weighted by Gasteiger charge is 2.40. The van der Waals surface area contributed by atoms with Gasteiger partial charge in [-0.3, -0.25) is 0 Å². The number of hydrogen-bond donors (Lipinski definition) is 0. The molecule has 1 aliphatic rings. The van der Waals surface area contributed by atoms with Crippen LogP contribution in [0.2, 0.25) is 0 Å². The van der Waals surface area contributed by atoms with Crippen molar-refractivity contribution in [1.82, 2.24) is 0 Å². The first kappa shape index (κ1) is 7.36. The summed E-state index contributed by atoms with van der Waals surface area (Å²) >= 11 is 5.91. The van der Waals surface area contributed by atoms with Crippen LogP contribution in [0.25, 0.3) is 0 Å². The Bertz CT molecular complexity index is 99.1. The lowest BCUT2D eigenvalue weighted by Gasteiger charge is -2.07. The molecule has 0 aromatic heterocycles. The van der Waals surface area contributed by atoms with E-state index in [1.54, 1.807) is 0 Å². The van der Waals surface area contributed by atoms with Gasteiger partial charge in [-0.1, -0.05) is 6.92 Å². The zero-order valence-electron chi connectivity index (χ0n) is 5.98. The van der Waals surface area contributed by atoms with Crippen LogP contribution in [0.3, 0.4) is 0 Å². The van der Waals surface area contributed by atoms with Crippen molar-refractivity contribution in [3.63, 3.8) is 0 Å². The summed E-state index contributed by atoms with van der Waals surface area (Å²) in [7, 11) is 0. The molecule has 54 valence electrons. The van der Waals surface area contributed by atoms with Gasteiger partial charge < -0.3 is 4.74 Å². The molecule has 0 aromatic rings. The van der Waals surface area contributed by atoms with Gasteiger partial charge in [0.1, 0.15) is 0 Å². The first-order chi connectivity index (χ1) is 4.16. The van der Waals surface area contributed by atoms with Crippen molar-refractivity contribution in [1.29, 1.82) is 0 Å². The molecule has 2 atom stereocenters. The predicted octanol–water partition coefficient (Wildman–Crippen LogP) is 2.18. The van der Waals surface area contributed by atoms with Gasteiger partial charge in [-0.25, -0.2) is 0 Å². The van der Waals surface area contributed by atoms with Crippen LogP contribution in [0, 0.1) is 0 Å². The summed E-state index contributed by atoms with van der Waals surface area (Å²) in [5, 5.41) is 0.303. The molecule has 1 heterocycles. The fourth-order valence-corrected chi connectivity index (χ4v) is 1.18. The van der Waals surface area contributed by atoms with Crippen LogP contribution >= 0.6 is 11.6 Å². The average molecular weight is 149 g/mol. The number of ether oxygens (including phenoxy) is 1. The third kappa shape index (κ3) is 2.15. The zero-order valence-corrected chi connectivity index (χ0v) is 6.74. The van der Waals surface area contributed by atoms with E-state index in [0.29, 0.717) is 5.38 Å². The Labute approximate surface area is 61.3 Å². The minimum absolute atomic E-state index is 0.141. The van der Waals surface area contributed by atoms with Crippen LogP contribution in [-0.2, 0) is 4.74 Å². The van der Waals surface area contributed by atoms with E-state index in [0.717, 1.165) is 19.4 Å². The average Bonchev–Trinajstić information content (AvgIpc) is 2.48. The van der Waals surface area contributed by atoms with Gasteiger partial charge in [0.25, 0.3) is 0 Å². The van der Waals surface area contributed by atoms with Gasteiger partial charge in [0.05, 0.1) is 12.2 Å². The van der Waals surface area contributed by atoms with E-state index in [9.17, 15) is 0 Å². The Morgan fingerprint density at radius 2 is 2.33 bits per heavy atom. The summed E-state index contributed by atoms with van der Waals surface area (Å²) in [6.45, 7) is 5.11. The smallest absolute Gasteiger partial charge is 0.0902 e. The van der Waals surface area contributed by atoms with E-state index in [-0.39, 0.29) is 5.60 Å². The lowest BCUT2D eigenvalue weighted by molar-refractivity contribution is 0.305. The second-order valence-corrected chi connectivity index (χ2v) is 3.57. The maximum absolute atomic E-state index is 5.91. The van der Waals surface area contributed by atoms with Crippen molar-refractivity contribution >= 4 is 11.6 Å². The van der Waals surface area contributed by atoms with Crippen LogP contribution in [0.15, 0.2) is 0 Å². The van der Waals surface area contributed by atoms with E-state index in [2.05, 4.69) is 13.8 Å². The molecular formula is C7H13ClO. The van der Waals surface area contributed by atoms with Crippen LogP contribution < -0.4 is 0 Å². The molecule has 1 rings (SSSR count). The summed E-state index contributed by atoms with van der Waals surface area (Å²) in [5.41, 5.74) is 0.141. The summed E-state index contributed by atoms with van der Waals surface area (Å²) in [4.78, 5) is 0. The van der Waals surface area contributed by atoms with Gasteiger partial charge in [0.15, 0.2) is 0 Å². The molecule has 0 N–H and O–H groups in total. The standard InChI is InChI=1S/C7H13ClO/c1-3-6(8)4-7(2)5-9-7/h6H,3-5H2,1-2H3. The van der Waals surface area contributed by atoms with Crippen molar-refractivity contribution in [3.05, 3.63) is 0 Å². The van der Waals surface area contributed by atoms with Crippen LogP contribution in [0.4, 0.5) is 0 Å². The molecule has 9 heavy (non-hydrogen) atoms. The molecule has 0 aromatic carbocycles. The molecule has 0 spiro atoms. The van der Waals surface area contributed by atoms with Crippen molar-refractivity contribution < 1.29 is 4.74 Å². The fourth-order valence-electron chi connectivity index (χ4n) is 0.854. The largest absolute Gasteiger partial charge is 0.370 e. The Hall–Kier alpha value is 0.250. The molecule has 1 fully saturated rings. The van der Waals surface area contributed by atoms with Crippen LogP contribution in [-0.4, -0.2) is 17.6 Å². The molecule has 0 radical (unpaired) electrons. The molecule has 0 amide bonds. The topological polar surface area (TPSA) is 12.5 Å². The van der Waals surface area contributed by atoms with Crippen molar-refractivity contribution in [2.75, 3.05) is 6.61 Å². The molecule has 0 aliphatic carbocycles. The van der Waals surface area contributed by atoms with Gasteiger partial charge in [0, 0.05) is 5.38 Å². The molecule has 0 bridgehead atoms. The van der Waals surface area contributed by atoms with E-state index < -0.39 is 0 Å². The van der Waals surface area contributed by atoms with Gasteiger partial charge in [-0.05, 0) is 19.8 Å². The highest BCUT2D eigenvalue weighted by Crippen LogP contribution is 2.33. The minimum Gasteiger partial charge on any atom is -0.370 e. The predicted molar refractivity (Wildman–Crippen MR) is 38.9 cm³/mol. The van der Waals surface area contributed by atoms with E-state index in [1.165, 1.54) is 0 Å². The molecule has 1 aliphatic heterocycles. The number of hydrogen-bond acceptors (Lipinski definition) is 1. The lowest BCUT2D eigenvalue weighted by atomic mass is 10.1. The Balaban J connectivity index is 2.17. The van der Waals surface area contributed by atoms with E-state index >= 15 is 0 Å². The first-order valence-corrected chi connectivity index (χ1v) is 3.88.